The van der Waals surface area contributed by atoms with Gasteiger partial charge in [0.15, 0.2) is 0 Å². The number of alkyl halides is 3. The van der Waals surface area contributed by atoms with Crippen LogP contribution in [0.1, 0.15) is 5.56 Å². The summed E-state index contributed by atoms with van der Waals surface area (Å²) in [6.45, 7) is 0.235. The van der Waals surface area contributed by atoms with E-state index in [1.807, 2.05) is 0 Å². The molecule has 0 heterocycles. The molecule has 0 saturated carbocycles. The zero-order valence-electron chi connectivity index (χ0n) is 10.0. The van der Waals surface area contributed by atoms with Crippen molar-refractivity contribution in [1.82, 2.24) is 4.90 Å². The van der Waals surface area contributed by atoms with Crippen LogP contribution in [0, 0.1) is 5.82 Å². The molecule has 0 aliphatic carbocycles. The van der Waals surface area contributed by atoms with Crippen LogP contribution in [-0.4, -0.2) is 36.9 Å². The van der Waals surface area contributed by atoms with Crippen molar-refractivity contribution in [3.05, 3.63) is 29.6 Å². The molecule has 0 fully saturated rings. The molecule has 0 amide bonds. The molecule has 0 aliphatic heterocycles. The molecule has 18 heavy (non-hydrogen) atoms. The van der Waals surface area contributed by atoms with Gasteiger partial charge in [-0.05, 0) is 6.07 Å². The number of hydrogen-bond donors (Lipinski definition) is 0. The number of ether oxygens (including phenoxy) is 1. The quantitative estimate of drug-likeness (QED) is 0.713. The third-order valence-corrected chi connectivity index (χ3v) is 2.81. The number of rotatable bonds is 7. The summed E-state index contributed by atoms with van der Waals surface area (Å²) in [6, 6.07) is 4.43. The van der Waals surface area contributed by atoms with Crippen LogP contribution in [0.2, 0.25) is 0 Å². The predicted molar refractivity (Wildman–Crippen MR) is 68.0 cm³/mol. The first-order valence-electron chi connectivity index (χ1n) is 5.45. The highest BCUT2D eigenvalue weighted by molar-refractivity contribution is 9.09. The SMILES string of the molecule is COc1ccc(CN(CCBr)CC(F)F)c(F)c1. The van der Waals surface area contributed by atoms with Crippen molar-refractivity contribution in [2.75, 3.05) is 25.5 Å². The van der Waals surface area contributed by atoms with E-state index in [2.05, 4.69) is 15.9 Å². The van der Waals surface area contributed by atoms with Gasteiger partial charge in [-0.1, -0.05) is 22.0 Å². The van der Waals surface area contributed by atoms with Crippen molar-refractivity contribution >= 4 is 15.9 Å². The van der Waals surface area contributed by atoms with Crippen molar-refractivity contribution in [2.45, 2.75) is 13.0 Å². The van der Waals surface area contributed by atoms with Crippen LogP contribution in [0.25, 0.3) is 0 Å². The zero-order chi connectivity index (χ0) is 13.5. The van der Waals surface area contributed by atoms with Crippen molar-refractivity contribution < 1.29 is 17.9 Å². The van der Waals surface area contributed by atoms with Gasteiger partial charge in [0.1, 0.15) is 11.6 Å². The molecule has 102 valence electrons. The maximum absolute atomic E-state index is 13.7. The molecule has 6 heteroatoms. The second-order valence-electron chi connectivity index (χ2n) is 3.77. The number of benzene rings is 1. The smallest absolute Gasteiger partial charge is 0.251 e. The van der Waals surface area contributed by atoms with Gasteiger partial charge in [-0.3, -0.25) is 4.90 Å². The van der Waals surface area contributed by atoms with Crippen molar-refractivity contribution in [3.63, 3.8) is 0 Å². The van der Waals surface area contributed by atoms with E-state index in [0.29, 0.717) is 23.2 Å². The van der Waals surface area contributed by atoms with E-state index < -0.39 is 12.2 Å². The summed E-state index contributed by atoms with van der Waals surface area (Å²) < 4.78 is 43.3. The lowest BCUT2D eigenvalue weighted by molar-refractivity contribution is 0.0876. The van der Waals surface area contributed by atoms with Gasteiger partial charge in [0, 0.05) is 30.0 Å². The van der Waals surface area contributed by atoms with Gasteiger partial charge in [0.25, 0.3) is 6.43 Å². The molecule has 1 aromatic rings. The summed E-state index contributed by atoms with van der Waals surface area (Å²) in [4.78, 5) is 1.50. The molecule has 0 radical (unpaired) electrons. The minimum absolute atomic E-state index is 0.158. The Morgan fingerprint density at radius 2 is 2.11 bits per heavy atom. The topological polar surface area (TPSA) is 12.5 Å². The first kappa shape index (κ1) is 15.3. The highest BCUT2D eigenvalue weighted by atomic mass is 79.9. The summed E-state index contributed by atoms with van der Waals surface area (Å²) in [7, 11) is 1.45. The third kappa shape index (κ3) is 4.86. The van der Waals surface area contributed by atoms with E-state index in [0.717, 1.165) is 0 Å². The van der Waals surface area contributed by atoms with Crippen molar-refractivity contribution in [1.29, 1.82) is 0 Å². The van der Waals surface area contributed by atoms with Crippen LogP contribution in [-0.2, 0) is 6.54 Å². The molecule has 0 saturated heterocycles. The van der Waals surface area contributed by atoms with Crippen molar-refractivity contribution in [2.24, 2.45) is 0 Å². The minimum Gasteiger partial charge on any atom is -0.497 e. The van der Waals surface area contributed by atoms with Crippen LogP contribution in [0.4, 0.5) is 13.2 Å². The molecule has 0 unspecified atom stereocenters. The number of hydrogen-bond acceptors (Lipinski definition) is 2. The Kier molecular flexibility index (Phi) is 6.49. The summed E-state index contributed by atoms with van der Waals surface area (Å²) in [5.74, 6) is -0.0275. The number of methoxy groups -OCH3 is 1. The van der Waals surface area contributed by atoms with Gasteiger partial charge in [0.05, 0.1) is 13.7 Å². The third-order valence-electron chi connectivity index (χ3n) is 2.45. The van der Waals surface area contributed by atoms with Crippen LogP contribution in [0.5, 0.6) is 5.75 Å². The van der Waals surface area contributed by atoms with Gasteiger partial charge in [-0.2, -0.15) is 0 Å². The van der Waals surface area contributed by atoms with Gasteiger partial charge < -0.3 is 4.74 Å². The lowest BCUT2D eigenvalue weighted by Crippen LogP contribution is -2.30. The van der Waals surface area contributed by atoms with E-state index in [1.54, 1.807) is 12.1 Å². The molecule has 2 nitrogen and oxygen atoms in total. The largest absolute Gasteiger partial charge is 0.497 e. The van der Waals surface area contributed by atoms with E-state index in [-0.39, 0.29) is 13.1 Å². The van der Waals surface area contributed by atoms with Gasteiger partial charge in [-0.25, -0.2) is 13.2 Å². The van der Waals surface area contributed by atoms with Gasteiger partial charge in [-0.15, -0.1) is 0 Å². The Bertz CT molecular complexity index is 376. The average Bonchev–Trinajstić information content (AvgIpc) is 2.31. The number of nitrogens with zero attached hydrogens (tertiary/aromatic N) is 1. The van der Waals surface area contributed by atoms with E-state index >= 15 is 0 Å². The molecule has 0 N–H and O–H groups in total. The Balaban J connectivity index is 2.73. The van der Waals surface area contributed by atoms with Crippen LogP contribution in [0.3, 0.4) is 0 Å². The standard InChI is InChI=1S/C12H15BrF3NO/c1-18-10-3-2-9(11(14)6-10)7-17(5-4-13)8-12(15)16/h2-3,6,12H,4-5,7-8H2,1H3. The van der Waals surface area contributed by atoms with E-state index in [4.69, 9.17) is 4.74 Å². The lowest BCUT2D eigenvalue weighted by Gasteiger charge is -2.21. The monoisotopic (exact) mass is 325 g/mol. The second-order valence-corrected chi connectivity index (χ2v) is 4.57. The van der Waals surface area contributed by atoms with Crippen LogP contribution in [0.15, 0.2) is 18.2 Å². The van der Waals surface area contributed by atoms with Crippen molar-refractivity contribution in [3.8, 4) is 5.75 Å². The predicted octanol–water partition coefficient (Wildman–Crippen LogP) is 3.30. The summed E-state index contributed by atoms with van der Waals surface area (Å²) in [5, 5.41) is 0.567. The molecule has 0 atom stereocenters. The fourth-order valence-electron chi connectivity index (χ4n) is 1.57. The van der Waals surface area contributed by atoms with Gasteiger partial charge >= 0.3 is 0 Å². The van der Waals surface area contributed by atoms with E-state index in [1.165, 1.54) is 18.1 Å². The molecular weight excluding hydrogens is 311 g/mol. The Morgan fingerprint density at radius 1 is 1.39 bits per heavy atom. The Hall–Kier alpha value is -0.750. The highest BCUT2D eigenvalue weighted by Crippen LogP contribution is 2.18. The molecular formula is C12H15BrF3NO. The molecule has 0 bridgehead atoms. The molecule has 0 spiro atoms. The van der Waals surface area contributed by atoms with E-state index in [9.17, 15) is 13.2 Å². The molecule has 0 aliphatic rings. The summed E-state index contributed by atoms with van der Waals surface area (Å²) in [6.07, 6.45) is -2.43. The fraction of sp³-hybridized carbons (Fsp3) is 0.500. The second kappa shape index (κ2) is 7.63. The van der Waals surface area contributed by atoms with Gasteiger partial charge in [0.2, 0.25) is 0 Å². The molecule has 1 rings (SSSR count). The average molecular weight is 326 g/mol. The fourth-order valence-corrected chi connectivity index (χ4v) is 2.08. The minimum atomic E-state index is -2.43. The first-order chi connectivity index (χ1) is 8.56. The maximum atomic E-state index is 13.7. The first-order valence-corrected chi connectivity index (χ1v) is 6.58. The summed E-state index contributed by atoms with van der Waals surface area (Å²) >= 11 is 3.19. The maximum Gasteiger partial charge on any atom is 0.251 e. The normalized spacial score (nSPS) is 11.3. The lowest BCUT2D eigenvalue weighted by atomic mass is 10.2. The molecule has 1 aromatic carbocycles. The highest BCUT2D eigenvalue weighted by Gasteiger charge is 2.14. The van der Waals surface area contributed by atoms with Crippen LogP contribution < -0.4 is 4.74 Å². The van der Waals surface area contributed by atoms with Crippen LogP contribution >= 0.6 is 15.9 Å². The molecule has 0 aromatic heterocycles. The Labute approximate surface area is 113 Å². The Morgan fingerprint density at radius 3 is 2.61 bits per heavy atom. The summed E-state index contributed by atoms with van der Waals surface area (Å²) in [5.41, 5.74) is 0.386. The number of halogens is 4. The zero-order valence-corrected chi connectivity index (χ0v) is 11.6.